The van der Waals surface area contributed by atoms with E-state index in [-0.39, 0.29) is 40.8 Å². The predicted molar refractivity (Wildman–Crippen MR) is 87.0 cm³/mol. The summed E-state index contributed by atoms with van der Waals surface area (Å²) in [5, 5.41) is 0. The summed E-state index contributed by atoms with van der Waals surface area (Å²) in [6, 6.07) is 4.46. The molecule has 130 valence electrons. The van der Waals surface area contributed by atoms with E-state index in [1.54, 1.807) is 6.07 Å². The number of imide groups is 1. The minimum atomic E-state index is -3.99. The lowest BCUT2D eigenvalue weighted by atomic mass is 9.81. The van der Waals surface area contributed by atoms with E-state index in [0.29, 0.717) is 5.56 Å². The number of rotatable bonds is 4. The minimum absolute atomic E-state index is 0.0497. The number of fused-ring (bicyclic) bond motifs is 1. The molecule has 2 fully saturated rings. The van der Waals surface area contributed by atoms with E-state index in [4.69, 9.17) is 15.4 Å². The van der Waals surface area contributed by atoms with Crippen LogP contribution in [0.15, 0.2) is 23.1 Å². The van der Waals surface area contributed by atoms with Crippen LogP contribution in [0, 0.1) is 11.8 Å². The topological polar surface area (TPSA) is 80.8 Å². The van der Waals surface area contributed by atoms with Crippen LogP contribution in [0.3, 0.4) is 0 Å². The lowest BCUT2D eigenvalue weighted by molar-refractivity contribution is -0.140. The van der Waals surface area contributed by atoms with E-state index in [9.17, 15) is 18.0 Å². The zero-order valence-electron chi connectivity index (χ0n) is 13.2. The second-order valence-corrected chi connectivity index (χ2v) is 8.72. The lowest BCUT2D eigenvalue weighted by Crippen LogP contribution is -2.30. The maximum atomic E-state index is 12.5. The molecule has 2 aliphatic rings. The molecule has 2 atom stereocenters. The van der Waals surface area contributed by atoms with Gasteiger partial charge in [0.25, 0.3) is 9.05 Å². The second kappa shape index (κ2) is 6.37. The van der Waals surface area contributed by atoms with Crippen LogP contribution in [-0.2, 0) is 25.2 Å². The number of nitrogens with zero attached hydrogens (tertiary/aromatic N) is 1. The number of hydrogen-bond donors (Lipinski definition) is 0. The Bertz CT molecular complexity index is 768. The summed E-state index contributed by atoms with van der Waals surface area (Å²) < 4.78 is 28.4. The van der Waals surface area contributed by atoms with Gasteiger partial charge in [-0.2, -0.15) is 0 Å². The summed E-state index contributed by atoms with van der Waals surface area (Å²) in [5.74, 6) is -0.630. The molecule has 1 aliphatic heterocycles. The molecule has 24 heavy (non-hydrogen) atoms. The maximum absolute atomic E-state index is 12.5. The van der Waals surface area contributed by atoms with Crippen molar-refractivity contribution in [2.24, 2.45) is 11.8 Å². The van der Waals surface area contributed by atoms with Crippen molar-refractivity contribution in [3.63, 3.8) is 0 Å². The SMILES string of the molecule is COc1ccc(CN2C(=O)[C@H]3CCCC[C@H]3C2=O)cc1S(=O)(=O)Cl. The fraction of sp³-hybridized carbons (Fsp3) is 0.500. The van der Waals surface area contributed by atoms with E-state index in [1.165, 1.54) is 24.1 Å². The van der Waals surface area contributed by atoms with Gasteiger partial charge >= 0.3 is 0 Å². The van der Waals surface area contributed by atoms with Crippen LogP contribution in [0.5, 0.6) is 5.75 Å². The highest BCUT2D eigenvalue weighted by molar-refractivity contribution is 8.13. The van der Waals surface area contributed by atoms with Crippen molar-refractivity contribution in [1.29, 1.82) is 0 Å². The van der Waals surface area contributed by atoms with Crippen LogP contribution in [0.1, 0.15) is 31.2 Å². The highest BCUT2D eigenvalue weighted by Gasteiger charge is 2.47. The number of likely N-dealkylation sites (tertiary alicyclic amines) is 1. The monoisotopic (exact) mass is 371 g/mol. The smallest absolute Gasteiger partial charge is 0.264 e. The number of hydrogen-bond acceptors (Lipinski definition) is 5. The molecule has 0 unspecified atom stereocenters. The molecule has 1 aromatic rings. The van der Waals surface area contributed by atoms with Crippen molar-refractivity contribution >= 4 is 31.5 Å². The molecule has 1 aliphatic carbocycles. The number of halogens is 1. The average molecular weight is 372 g/mol. The van der Waals surface area contributed by atoms with E-state index in [2.05, 4.69) is 0 Å². The van der Waals surface area contributed by atoms with Crippen LogP contribution in [0.4, 0.5) is 0 Å². The molecule has 0 radical (unpaired) electrons. The van der Waals surface area contributed by atoms with Gasteiger partial charge in [-0.1, -0.05) is 18.9 Å². The van der Waals surface area contributed by atoms with Gasteiger partial charge in [0.05, 0.1) is 25.5 Å². The van der Waals surface area contributed by atoms with Crippen molar-refractivity contribution in [3.8, 4) is 5.75 Å². The van der Waals surface area contributed by atoms with Gasteiger partial charge < -0.3 is 4.74 Å². The van der Waals surface area contributed by atoms with Gasteiger partial charge in [-0.25, -0.2) is 8.42 Å². The Morgan fingerprint density at radius 2 is 1.75 bits per heavy atom. The van der Waals surface area contributed by atoms with Crippen LogP contribution in [0.25, 0.3) is 0 Å². The molecule has 1 aromatic carbocycles. The standard InChI is InChI=1S/C16H18ClNO5S/c1-23-13-7-6-10(8-14(13)24(17,21)22)9-18-15(19)11-4-2-3-5-12(11)16(18)20/h6-8,11-12H,2-5,9H2,1H3/t11-,12+. The third kappa shape index (κ3) is 3.02. The van der Waals surface area contributed by atoms with Crippen LogP contribution < -0.4 is 4.74 Å². The summed E-state index contributed by atoms with van der Waals surface area (Å²) in [4.78, 5) is 26.1. The first kappa shape index (κ1) is 17.2. The zero-order chi connectivity index (χ0) is 17.5. The lowest BCUT2D eigenvalue weighted by Gasteiger charge is -2.19. The highest BCUT2D eigenvalue weighted by Crippen LogP contribution is 2.39. The van der Waals surface area contributed by atoms with E-state index in [0.717, 1.165) is 25.7 Å². The first-order valence-corrected chi connectivity index (χ1v) is 10.1. The molecule has 0 bridgehead atoms. The van der Waals surface area contributed by atoms with Gasteiger partial charge in [0, 0.05) is 10.7 Å². The maximum Gasteiger partial charge on any atom is 0.264 e. The van der Waals surface area contributed by atoms with Gasteiger partial charge in [-0.3, -0.25) is 14.5 Å². The number of ether oxygens (including phenoxy) is 1. The molecular formula is C16H18ClNO5S. The normalized spacial score (nSPS) is 24.2. The van der Waals surface area contributed by atoms with Crippen molar-refractivity contribution in [2.75, 3.05) is 7.11 Å². The van der Waals surface area contributed by atoms with Crippen molar-refractivity contribution in [1.82, 2.24) is 4.90 Å². The van der Waals surface area contributed by atoms with E-state index in [1.807, 2.05) is 0 Å². The number of benzene rings is 1. The minimum Gasteiger partial charge on any atom is -0.495 e. The van der Waals surface area contributed by atoms with Gasteiger partial charge in [0.15, 0.2) is 0 Å². The van der Waals surface area contributed by atoms with Crippen LogP contribution in [-0.4, -0.2) is 32.2 Å². The summed E-state index contributed by atoms with van der Waals surface area (Å²) in [7, 11) is 2.79. The fourth-order valence-corrected chi connectivity index (χ4v) is 4.62. The molecule has 1 saturated carbocycles. The fourth-order valence-electron chi connectivity index (χ4n) is 3.58. The Balaban J connectivity index is 1.89. The number of methoxy groups -OCH3 is 1. The molecule has 1 heterocycles. The van der Waals surface area contributed by atoms with Crippen molar-refractivity contribution in [2.45, 2.75) is 37.1 Å². The summed E-state index contributed by atoms with van der Waals surface area (Å²) in [6.07, 6.45) is 3.42. The number of carbonyl (C=O) groups excluding carboxylic acids is 2. The Morgan fingerprint density at radius 3 is 2.25 bits per heavy atom. The zero-order valence-corrected chi connectivity index (χ0v) is 14.8. The van der Waals surface area contributed by atoms with Crippen molar-refractivity contribution in [3.05, 3.63) is 23.8 Å². The molecule has 3 rings (SSSR count). The number of carbonyl (C=O) groups is 2. The highest BCUT2D eigenvalue weighted by atomic mass is 35.7. The van der Waals surface area contributed by atoms with E-state index >= 15 is 0 Å². The quantitative estimate of drug-likeness (QED) is 0.599. The summed E-state index contributed by atoms with van der Waals surface area (Å²) >= 11 is 0. The number of amides is 2. The van der Waals surface area contributed by atoms with Gasteiger partial charge in [-0.05, 0) is 30.5 Å². The second-order valence-electron chi connectivity index (χ2n) is 6.18. The Labute approximate surface area is 145 Å². The molecule has 0 aromatic heterocycles. The molecule has 8 heteroatoms. The third-order valence-electron chi connectivity index (χ3n) is 4.76. The Hall–Kier alpha value is -1.60. The van der Waals surface area contributed by atoms with Gasteiger partial charge in [0.2, 0.25) is 11.8 Å². The molecular weight excluding hydrogens is 354 g/mol. The molecule has 6 nitrogen and oxygen atoms in total. The summed E-state index contributed by atoms with van der Waals surface area (Å²) in [5.41, 5.74) is 0.523. The van der Waals surface area contributed by atoms with E-state index < -0.39 is 9.05 Å². The largest absolute Gasteiger partial charge is 0.495 e. The average Bonchev–Trinajstić information content (AvgIpc) is 2.79. The summed E-state index contributed by atoms with van der Waals surface area (Å²) in [6.45, 7) is 0.0497. The molecule has 0 spiro atoms. The molecule has 0 N–H and O–H groups in total. The predicted octanol–water partition coefficient (Wildman–Crippen LogP) is 2.30. The van der Waals surface area contributed by atoms with Crippen LogP contribution >= 0.6 is 10.7 Å². The Kier molecular flexibility index (Phi) is 4.57. The third-order valence-corrected chi connectivity index (χ3v) is 6.11. The molecule has 2 amide bonds. The van der Waals surface area contributed by atoms with Gasteiger partial charge in [-0.15, -0.1) is 0 Å². The van der Waals surface area contributed by atoms with Crippen molar-refractivity contribution < 1.29 is 22.7 Å². The van der Waals surface area contributed by atoms with Crippen LogP contribution in [0.2, 0.25) is 0 Å². The molecule has 1 saturated heterocycles. The Morgan fingerprint density at radius 1 is 1.17 bits per heavy atom. The van der Waals surface area contributed by atoms with Gasteiger partial charge in [0.1, 0.15) is 10.6 Å². The first-order valence-electron chi connectivity index (χ1n) is 7.79. The first-order chi connectivity index (χ1) is 11.3.